The van der Waals surface area contributed by atoms with Crippen molar-refractivity contribution >= 4 is 11.8 Å². The van der Waals surface area contributed by atoms with Gasteiger partial charge in [0, 0.05) is 13.0 Å². The van der Waals surface area contributed by atoms with E-state index in [2.05, 4.69) is 0 Å². The normalized spacial score (nSPS) is 11.5. The summed E-state index contributed by atoms with van der Waals surface area (Å²) < 4.78 is 47.8. The molecular weight excluding hydrogens is 220 g/mol. The molecule has 0 fully saturated rings. The molecule has 0 aromatic heterocycles. The van der Waals surface area contributed by atoms with Gasteiger partial charge < -0.3 is 11.1 Å². The molecule has 2 amide bonds. The number of hydrogen-bond donors (Lipinski definition) is 2. The van der Waals surface area contributed by atoms with Crippen molar-refractivity contribution < 1.29 is 27.2 Å². The Morgan fingerprint density at radius 1 is 1.33 bits per heavy atom. The predicted molar refractivity (Wildman–Crippen MR) is 42.4 cm³/mol. The van der Waals surface area contributed by atoms with Crippen molar-refractivity contribution in [2.45, 2.75) is 25.2 Å². The number of amides is 2. The highest BCUT2D eigenvalue weighted by molar-refractivity contribution is 5.83. The molecule has 3 N–H and O–H groups in total. The molecule has 8 heteroatoms. The first kappa shape index (κ1) is 13.7. The summed E-state index contributed by atoms with van der Waals surface area (Å²) in [6.07, 6.45) is -4.13. The number of carbonyl (C=O) groups is 2. The number of primary amides is 1. The maximum absolute atomic E-state index is 12.3. The highest BCUT2D eigenvalue weighted by Crippen LogP contribution is 2.22. The van der Waals surface area contributed by atoms with Crippen LogP contribution in [0.25, 0.3) is 0 Å². The molecule has 0 bridgehead atoms. The van der Waals surface area contributed by atoms with Crippen LogP contribution in [0.15, 0.2) is 0 Å². The van der Waals surface area contributed by atoms with Gasteiger partial charge in [-0.25, -0.2) is 8.78 Å². The number of nitrogens with two attached hydrogens (primary N) is 1. The van der Waals surface area contributed by atoms with Gasteiger partial charge in [-0.2, -0.15) is 8.78 Å². The van der Waals surface area contributed by atoms with Crippen LogP contribution in [0.1, 0.15) is 12.8 Å². The van der Waals surface area contributed by atoms with Crippen LogP contribution < -0.4 is 11.1 Å². The maximum Gasteiger partial charge on any atom is 0.383 e. The van der Waals surface area contributed by atoms with Gasteiger partial charge in [0.1, 0.15) is 0 Å². The van der Waals surface area contributed by atoms with Crippen molar-refractivity contribution in [3.05, 3.63) is 0 Å². The van der Waals surface area contributed by atoms with Crippen LogP contribution in [-0.2, 0) is 9.59 Å². The number of hydrogen-bond acceptors (Lipinski definition) is 2. The molecule has 0 radical (unpaired) electrons. The number of rotatable bonds is 6. The number of nitrogens with one attached hydrogen (secondary N) is 1. The van der Waals surface area contributed by atoms with Crippen LogP contribution in [0.4, 0.5) is 17.6 Å². The number of alkyl halides is 4. The summed E-state index contributed by atoms with van der Waals surface area (Å²) in [5.74, 6) is -7.42. The monoisotopic (exact) mass is 230 g/mol. The Labute approximate surface area is 82.8 Å². The second kappa shape index (κ2) is 5.52. The molecule has 0 aliphatic carbocycles. The first-order chi connectivity index (χ1) is 6.78. The van der Waals surface area contributed by atoms with Crippen molar-refractivity contribution in [3.63, 3.8) is 0 Å². The average molecular weight is 230 g/mol. The van der Waals surface area contributed by atoms with Crippen LogP contribution in [0.2, 0.25) is 0 Å². The Morgan fingerprint density at radius 2 is 1.87 bits per heavy atom. The van der Waals surface area contributed by atoms with Crippen molar-refractivity contribution in [1.82, 2.24) is 5.32 Å². The summed E-state index contributed by atoms with van der Waals surface area (Å²) in [4.78, 5) is 20.7. The van der Waals surface area contributed by atoms with E-state index < -0.39 is 24.2 Å². The zero-order chi connectivity index (χ0) is 12.1. The van der Waals surface area contributed by atoms with E-state index in [0.29, 0.717) is 0 Å². The van der Waals surface area contributed by atoms with Crippen molar-refractivity contribution in [3.8, 4) is 0 Å². The summed E-state index contributed by atoms with van der Waals surface area (Å²) in [6.45, 7) is -0.302. The van der Waals surface area contributed by atoms with Gasteiger partial charge in [0.25, 0.3) is 5.91 Å². The fourth-order valence-corrected chi connectivity index (χ4v) is 0.681. The Hall–Kier alpha value is -1.34. The Balaban J connectivity index is 3.89. The smallest absolute Gasteiger partial charge is 0.370 e. The summed E-state index contributed by atoms with van der Waals surface area (Å²) in [7, 11) is 0. The lowest BCUT2D eigenvalue weighted by Crippen LogP contribution is -2.45. The van der Waals surface area contributed by atoms with Gasteiger partial charge in [0.2, 0.25) is 5.91 Å². The maximum atomic E-state index is 12.3. The summed E-state index contributed by atoms with van der Waals surface area (Å²) >= 11 is 0. The zero-order valence-corrected chi connectivity index (χ0v) is 7.60. The molecule has 0 saturated carbocycles. The van der Waals surface area contributed by atoms with E-state index in [9.17, 15) is 27.2 Å². The van der Waals surface area contributed by atoms with Crippen molar-refractivity contribution in [2.24, 2.45) is 5.73 Å². The van der Waals surface area contributed by atoms with E-state index in [1.165, 1.54) is 0 Å². The molecule has 0 heterocycles. The minimum atomic E-state index is -4.70. The largest absolute Gasteiger partial charge is 0.383 e. The van der Waals surface area contributed by atoms with Crippen molar-refractivity contribution in [1.29, 1.82) is 0 Å². The average Bonchev–Trinajstić information content (AvgIpc) is 2.11. The SMILES string of the molecule is NC(=O)CCCNC(=O)C(F)(F)C(F)F. The van der Waals surface area contributed by atoms with Gasteiger partial charge in [-0.15, -0.1) is 0 Å². The molecule has 0 aromatic carbocycles. The van der Waals surface area contributed by atoms with Gasteiger partial charge in [0.15, 0.2) is 0 Å². The standard InChI is InChI=1S/C7H10F4N2O2/c8-5(9)7(10,11)6(15)13-3-1-2-4(12)14/h5H,1-3H2,(H2,12,14)(H,13,15). The fraction of sp³-hybridized carbons (Fsp3) is 0.714. The van der Waals surface area contributed by atoms with Gasteiger partial charge in [-0.3, -0.25) is 9.59 Å². The lowest BCUT2D eigenvalue weighted by molar-refractivity contribution is -0.169. The molecule has 0 aliphatic heterocycles. The summed E-state index contributed by atoms with van der Waals surface area (Å²) in [5, 5.41) is 1.58. The topological polar surface area (TPSA) is 72.2 Å². The third kappa shape index (κ3) is 4.61. The molecule has 88 valence electrons. The van der Waals surface area contributed by atoms with Gasteiger partial charge in [-0.05, 0) is 6.42 Å². The summed E-state index contributed by atoms with van der Waals surface area (Å²) in [5.41, 5.74) is 4.72. The van der Waals surface area contributed by atoms with Crippen LogP contribution in [-0.4, -0.2) is 30.7 Å². The minimum Gasteiger partial charge on any atom is -0.370 e. The molecule has 0 unspecified atom stereocenters. The van der Waals surface area contributed by atoms with Crippen molar-refractivity contribution in [2.75, 3.05) is 6.54 Å². The van der Waals surface area contributed by atoms with Gasteiger partial charge in [-0.1, -0.05) is 0 Å². The number of carbonyl (C=O) groups excluding carboxylic acids is 2. The van der Waals surface area contributed by atoms with E-state index in [1.54, 1.807) is 5.32 Å². The summed E-state index contributed by atoms with van der Waals surface area (Å²) in [6, 6.07) is 0. The fourth-order valence-electron chi connectivity index (χ4n) is 0.681. The van der Waals surface area contributed by atoms with E-state index in [1.807, 2.05) is 0 Å². The molecule has 0 aliphatic rings. The second-order valence-corrected chi connectivity index (χ2v) is 2.75. The first-order valence-corrected chi connectivity index (χ1v) is 4.01. The highest BCUT2D eigenvalue weighted by atomic mass is 19.3. The van der Waals surface area contributed by atoms with Gasteiger partial charge in [0.05, 0.1) is 0 Å². The van der Waals surface area contributed by atoms with Gasteiger partial charge >= 0.3 is 12.3 Å². The van der Waals surface area contributed by atoms with Crippen LogP contribution in [0.5, 0.6) is 0 Å². The lowest BCUT2D eigenvalue weighted by atomic mass is 10.3. The number of halogens is 4. The predicted octanol–water partition coefficient (Wildman–Crippen LogP) is 0.268. The van der Waals surface area contributed by atoms with E-state index in [4.69, 9.17) is 5.73 Å². The Morgan fingerprint density at radius 3 is 2.27 bits per heavy atom. The van der Waals surface area contributed by atoms with Crippen LogP contribution >= 0.6 is 0 Å². The van der Waals surface area contributed by atoms with E-state index in [-0.39, 0.29) is 19.4 Å². The molecule has 0 aromatic rings. The lowest BCUT2D eigenvalue weighted by Gasteiger charge is -2.14. The third-order valence-electron chi connectivity index (χ3n) is 1.46. The molecule has 4 nitrogen and oxygen atoms in total. The molecule has 0 rings (SSSR count). The quantitative estimate of drug-likeness (QED) is 0.507. The van der Waals surface area contributed by atoms with E-state index >= 15 is 0 Å². The van der Waals surface area contributed by atoms with E-state index in [0.717, 1.165) is 0 Å². The van der Waals surface area contributed by atoms with Crippen LogP contribution in [0, 0.1) is 0 Å². The molecular formula is C7H10F4N2O2. The molecule has 15 heavy (non-hydrogen) atoms. The molecule has 0 spiro atoms. The second-order valence-electron chi connectivity index (χ2n) is 2.75. The molecule has 0 saturated heterocycles. The first-order valence-electron chi connectivity index (χ1n) is 4.01. The Bertz CT molecular complexity index is 245. The van der Waals surface area contributed by atoms with Crippen LogP contribution in [0.3, 0.4) is 0 Å². The Kier molecular flexibility index (Phi) is 5.03. The molecule has 0 atom stereocenters. The third-order valence-corrected chi connectivity index (χ3v) is 1.46. The zero-order valence-electron chi connectivity index (χ0n) is 7.60. The minimum absolute atomic E-state index is 0.0282. The highest BCUT2D eigenvalue weighted by Gasteiger charge is 2.48.